The second-order valence-corrected chi connectivity index (χ2v) is 6.96. The highest BCUT2D eigenvalue weighted by Crippen LogP contribution is 2.35. The molecule has 96 valence electrons. The van der Waals surface area contributed by atoms with Crippen LogP contribution in [0.2, 0.25) is 5.02 Å². The SMILES string of the molecule is Clc1c(CNc2cccc(I)c2)sc2ccccc12. The van der Waals surface area contributed by atoms with Crippen molar-refractivity contribution >= 4 is 61.3 Å². The summed E-state index contributed by atoms with van der Waals surface area (Å²) in [5.41, 5.74) is 1.13. The van der Waals surface area contributed by atoms with Crippen LogP contribution in [0.15, 0.2) is 48.5 Å². The Balaban J connectivity index is 1.84. The molecule has 3 aromatic rings. The molecule has 0 aliphatic heterocycles. The molecule has 1 aromatic heterocycles. The topological polar surface area (TPSA) is 12.0 Å². The number of thiophene rings is 1. The molecule has 0 aliphatic rings. The van der Waals surface area contributed by atoms with E-state index in [1.54, 1.807) is 11.3 Å². The summed E-state index contributed by atoms with van der Waals surface area (Å²) in [6.07, 6.45) is 0. The molecule has 1 nitrogen and oxygen atoms in total. The summed E-state index contributed by atoms with van der Waals surface area (Å²) < 4.78 is 2.47. The molecule has 0 amide bonds. The van der Waals surface area contributed by atoms with Crippen molar-refractivity contribution in [1.29, 1.82) is 0 Å². The molecular formula is C15H11ClINS. The third-order valence-corrected chi connectivity index (χ3v) is 5.26. The van der Waals surface area contributed by atoms with Crippen molar-refractivity contribution in [3.8, 4) is 0 Å². The average Bonchev–Trinajstić information content (AvgIpc) is 2.74. The van der Waals surface area contributed by atoms with Gasteiger partial charge in [0.05, 0.1) is 11.6 Å². The molecule has 0 saturated heterocycles. The Morgan fingerprint density at radius 2 is 1.95 bits per heavy atom. The molecular weight excluding hydrogens is 389 g/mol. The van der Waals surface area contributed by atoms with Gasteiger partial charge in [-0.2, -0.15) is 0 Å². The fraction of sp³-hybridized carbons (Fsp3) is 0.0667. The minimum atomic E-state index is 0.762. The van der Waals surface area contributed by atoms with Gasteiger partial charge in [0.15, 0.2) is 0 Å². The summed E-state index contributed by atoms with van der Waals surface area (Å²) in [5, 5.41) is 5.45. The lowest BCUT2D eigenvalue weighted by molar-refractivity contribution is 1.19. The van der Waals surface area contributed by atoms with Gasteiger partial charge in [-0.1, -0.05) is 35.9 Å². The van der Waals surface area contributed by atoms with Crippen LogP contribution in [0.3, 0.4) is 0 Å². The molecule has 1 heterocycles. The first-order valence-corrected chi connectivity index (χ1v) is 8.17. The first kappa shape index (κ1) is 13.2. The zero-order valence-corrected chi connectivity index (χ0v) is 13.7. The van der Waals surface area contributed by atoms with E-state index in [9.17, 15) is 0 Å². The van der Waals surface area contributed by atoms with Gasteiger partial charge < -0.3 is 5.32 Å². The van der Waals surface area contributed by atoms with Gasteiger partial charge >= 0.3 is 0 Å². The maximum atomic E-state index is 6.42. The Bertz CT molecular complexity index is 723. The maximum Gasteiger partial charge on any atom is 0.0642 e. The minimum absolute atomic E-state index is 0.762. The van der Waals surface area contributed by atoms with Crippen LogP contribution in [0.25, 0.3) is 10.1 Å². The van der Waals surface area contributed by atoms with Crippen LogP contribution in [0.5, 0.6) is 0 Å². The molecule has 0 radical (unpaired) electrons. The summed E-state index contributed by atoms with van der Waals surface area (Å²) in [6.45, 7) is 0.762. The largest absolute Gasteiger partial charge is 0.380 e. The Labute approximate surface area is 134 Å². The summed E-state index contributed by atoms with van der Waals surface area (Å²) in [6, 6.07) is 16.6. The van der Waals surface area contributed by atoms with E-state index < -0.39 is 0 Å². The Morgan fingerprint density at radius 1 is 1.11 bits per heavy atom. The van der Waals surface area contributed by atoms with Crippen molar-refractivity contribution in [2.24, 2.45) is 0 Å². The molecule has 4 heteroatoms. The number of fused-ring (bicyclic) bond motifs is 1. The lowest BCUT2D eigenvalue weighted by Crippen LogP contribution is -1.97. The first-order valence-electron chi connectivity index (χ1n) is 5.89. The van der Waals surface area contributed by atoms with Gasteiger partial charge in [-0.15, -0.1) is 11.3 Å². The van der Waals surface area contributed by atoms with Gasteiger partial charge in [-0.25, -0.2) is 0 Å². The highest BCUT2D eigenvalue weighted by molar-refractivity contribution is 14.1. The molecule has 0 unspecified atom stereocenters. The zero-order chi connectivity index (χ0) is 13.2. The van der Waals surface area contributed by atoms with E-state index in [1.165, 1.54) is 13.1 Å². The van der Waals surface area contributed by atoms with E-state index >= 15 is 0 Å². The molecule has 0 bridgehead atoms. The number of nitrogens with one attached hydrogen (secondary N) is 1. The van der Waals surface area contributed by atoms with E-state index in [-0.39, 0.29) is 0 Å². The molecule has 0 atom stereocenters. The lowest BCUT2D eigenvalue weighted by atomic mass is 10.2. The number of halogens is 2. The number of benzene rings is 2. The minimum Gasteiger partial charge on any atom is -0.380 e. The highest BCUT2D eigenvalue weighted by Gasteiger charge is 2.09. The van der Waals surface area contributed by atoms with Crippen molar-refractivity contribution in [3.05, 3.63) is 62.0 Å². The fourth-order valence-corrected chi connectivity index (χ4v) is 3.94. The molecule has 0 saturated carbocycles. The molecule has 19 heavy (non-hydrogen) atoms. The normalized spacial score (nSPS) is 10.8. The van der Waals surface area contributed by atoms with Gasteiger partial charge in [-0.05, 0) is 46.9 Å². The first-order chi connectivity index (χ1) is 9.24. The van der Waals surface area contributed by atoms with Crippen LogP contribution in [-0.4, -0.2) is 0 Å². The number of hydrogen-bond acceptors (Lipinski definition) is 2. The van der Waals surface area contributed by atoms with Crippen molar-refractivity contribution in [3.63, 3.8) is 0 Å². The van der Waals surface area contributed by atoms with Crippen LogP contribution in [0.1, 0.15) is 4.88 Å². The van der Waals surface area contributed by atoms with Crippen molar-refractivity contribution in [2.45, 2.75) is 6.54 Å². The molecule has 2 aromatic carbocycles. The third kappa shape index (κ3) is 2.88. The smallest absolute Gasteiger partial charge is 0.0642 e. The van der Waals surface area contributed by atoms with Gasteiger partial charge in [-0.3, -0.25) is 0 Å². The number of hydrogen-bond donors (Lipinski definition) is 1. The fourth-order valence-electron chi connectivity index (χ4n) is 1.96. The van der Waals surface area contributed by atoms with Gasteiger partial charge in [0.2, 0.25) is 0 Å². The van der Waals surface area contributed by atoms with Crippen LogP contribution >= 0.6 is 45.5 Å². The predicted molar refractivity (Wildman–Crippen MR) is 93.3 cm³/mol. The summed E-state index contributed by atoms with van der Waals surface area (Å²) in [4.78, 5) is 1.18. The Morgan fingerprint density at radius 3 is 2.74 bits per heavy atom. The van der Waals surface area contributed by atoms with Crippen molar-refractivity contribution < 1.29 is 0 Å². The Hall–Kier alpha value is -0.780. The van der Waals surface area contributed by atoms with E-state index in [0.717, 1.165) is 22.6 Å². The molecule has 0 aliphatic carbocycles. The van der Waals surface area contributed by atoms with Crippen LogP contribution in [0.4, 0.5) is 5.69 Å². The molecule has 0 fully saturated rings. The van der Waals surface area contributed by atoms with E-state index in [2.05, 4.69) is 64.3 Å². The lowest BCUT2D eigenvalue weighted by Gasteiger charge is -2.05. The van der Waals surface area contributed by atoms with Gasteiger partial charge in [0.1, 0.15) is 0 Å². The third-order valence-electron chi connectivity index (χ3n) is 2.88. The molecule has 0 spiro atoms. The monoisotopic (exact) mass is 399 g/mol. The van der Waals surface area contributed by atoms with Crippen LogP contribution in [0, 0.1) is 3.57 Å². The van der Waals surface area contributed by atoms with Gasteiger partial charge in [0.25, 0.3) is 0 Å². The zero-order valence-electron chi connectivity index (χ0n) is 9.99. The van der Waals surface area contributed by atoms with E-state index in [0.29, 0.717) is 0 Å². The maximum absolute atomic E-state index is 6.42. The standard InChI is InChI=1S/C15H11ClINS/c16-15-12-6-1-2-7-13(12)19-14(15)9-18-11-5-3-4-10(17)8-11/h1-8,18H,9H2. The molecule has 1 N–H and O–H groups in total. The predicted octanol–water partition coefficient (Wildman–Crippen LogP) is 5.77. The van der Waals surface area contributed by atoms with Crippen molar-refractivity contribution in [2.75, 3.05) is 5.32 Å². The summed E-state index contributed by atoms with van der Waals surface area (Å²) in [7, 11) is 0. The summed E-state index contributed by atoms with van der Waals surface area (Å²) in [5.74, 6) is 0. The number of rotatable bonds is 3. The van der Waals surface area contributed by atoms with E-state index in [4.69, 9.17) is 11.6 Å². The highest BCUT2D eigenvalue weighted by atomic mass is 127. The second kappa shape index (κ2) is 5.69. The quantitative estimate of drug-likeness (QED) is 0.551. The van der Waals surface area contributed by atoms with E-state index in [1.807, 2.05) is 12.1 Å². The molecule has 3 rings (SSSR count). The second-order valence-electron chi connectivity index (χ2n) is 4.20. The van der Waals surface area contributed by atoms with Crippen molar-refractivity contribution in [1.82, 2.24) is 0 Å². The summed E-state index contributed by atoms with van der Waals surface area (Å²) >= 11 is 10.5. The van der Waals surface area contributed by atoms with Crippen LogP contribution in [-0.2, 0) is 6.54 Å². The van der Waals surface area contributed by atoms with Crippen LogP contribution < -0.4 is 5.32 Å². The average molecular weight is 400 g/mol. The van der Waals surface area contributed by atoms with Gasteiger partial charge in [0, 0.05) is 24.2 Å². The number of anilines is 1. The Kier molecular flexibility index (Phi) is 3.96.